The molecule has 0 fully saturated rings. The minimum Gasteiger partial charge on any atom is -0.455 e. The third kappa shape index (κ3) is 2.42. The summed E-state index contributed by atoms with van der Waals surface area (Å²) in [6.07, 6.45) is 3.26. The van der Waals surface area contributed by atoms with Gasteiger partial charge in [-0.05, 0) is 34.1 Å². The quantitative estimate of drug-likeness (QED) is 0.722. The number of hydrogen-bond acceptors (Lipinski definition) is 4. The summed E-state index contributed by atoms with van der Waals surface area (Å²) in [4.78, 5) is 8.47. The van der Waals surface area contributed by atoms with Crippen LogP contribution in [0.2, 0.25) is 0 Å². The van der Waals surface area contributed by atoms with Crippen LogP contribution in [0.3, 0.4) is 0 Å². The molecule has 4 nitrogen and oxygen atoms in total. The van der Waals surface area contributed by atoms with Gasteiger partial charge in [-0.2, -0.15) is 0 Å². The van der Waals surface area contributed by atoms with Gasteiger partial charge in [-0.1, -0.05) is 0 Å². The molecule has 0 unspecified atom stereocenters. The minimum absolute atomic E-state index is 0.0824. The van der Waals surface area contributed by atoms with E-state index in [-0.39, 0.29) is 5.69 Å². The molecule has 0 saturated carbocycles. The molecule has 0 saturated heterocycles. The molecule has 0 atom stereocenters. The first-order valence-corrected chi connectivity index (χ1v) is 6.56. The number of ether oxygens (including phenoxy) is 1. The van der Waals surface area contributed by atoms with E-state index < -0.39 is 5.82 Å². The van der Waals surface area contributed by atoms with Gasteiger partial charge in [-0.25, -0.2) is 9.37 Å². The molecule has 0 bridgehead atoms. The van der Waals surface area contributed by atoms with Crippen LogP contribution in [0, 0.1) is 5.82 Å². The molecule has 20 heavy (non-hydrogen) atoms. The Bertz CT molecular complexity index is 794. The molecule has 0 radical (unpaired) electrons. The lowest BCUT2D eigenvalue weighted by atomic mass is 10.3. The molecule has 2 heterocycles. The van der Waals surface area contributed by atoms with Crippen molar-refractivity contribution in [2.75, 3.05) is 5.73 Å². The Morgan fingerprint density at radius 1 is 1.15 bits per heavy atom. The van der Waals surface area contributed by atoms with Crippen LogP contribution in [0.4, 0.5) is 10.1 Å². The monoisotopic (exact) mass is 333 g/mol. The number of nitrogens with two attached hydrogens (primary N) is 1. The molecule has 2 N–H and O–H groups in total. The maximum absolute atomic E-state index is 13.4. The molecule has 3 aromatic rings. The highest BCUT2D eigenvalue weighted by molar-refractivity contribution is 9.10. The number of anilines is 1. The van der Waals surface area contributed by atoms with Crippen molar-refractivity contribution in [2.45, 2.75) is 0 Å². The van der Waals surface area contributed by atoms with Crippen LogP contribution < -0.4 is 10.5 Å². The normalized spacial score (nSPS) is 10.7. The van der Waals surface area contributed by atoms with Gasteiger partial charge in [0.25, 0.3) is 0 Å². The predicted molar refractivity (Wildman–Crippen MR) is 78.1 cm³/mol. The second kappa shape index (κ2) is 5.05. The standard InChI is InChI=1S/C14H9BrFN3O/c15-8-5-12-14(19-7-8)13(3-4-18-12)20-9-1-2-11(17)10(16)6-9/h1-7H,17H2. The summed E-state index contributed by atoms with van der Waals surface area (Å²) in [5, 5.41) is 0. The van der Waals surface area contributed by atoms with Crippen LogP contribution in [0.5, 0.6) is 11.5 Å². The van der Waals surface area contributed by atoms with Crippen LogP contribution in [-0.4, -0.2) is 9.97 Å². The molecule has 0 aliphatic carbocycles. The molecular formula is C14H9BrFN3O. The second-order valence-electron chi connectivity index (χ2n) is 4.12. The Kier molecular flexibility index (Phi) is 3.23. The van der Waals surface area contributed by atoms with E-state index in [2.05, 4.69) is 25.9 Å². The topological polar surface area (TPSA) is 61.0 Å². The molecule has 100 valence electrons. The molecule has 3 rings (SSSR count). The Balaban J connectivity index is 2.04. The maximum Gasteiger partial charge on any atom is 0.156 e. The maximum atomic E-state index is 13.4. The van der Waals surface area contributed by atoms with E-state index in [1.54, 1.807) is 24.5 Å². The van der Waals surface area contributed by atoms with E-state index in [0.29, 0.717) is 22.5 Å². The Labute approximate surface area is 122 Å². The molecule has 0 aliphatic heterocycles. The largest absolute Gasteiger partial charge is 0.455 e. The second-order valence-corrected chi connectivity index (χ2v) is 5.03. The smallest absolute Gasteiger partial charge is 0.156 e. The van der Waals surface area contributed by atoms with Gasteiger partial charge in [0.15, 0.2) is 5.75 Å². The summed E-state index contributed by atoms with van der Waals surface area (Å²) in [6.45, 7) is 0. The van der Waals surface area contributed by atoms with Crippen LogP contribution in [0.15, 0.2) is 47.2 Å². The summed E-state index contributed by atoms with van der Waals surface area (Å²) in [5.74, 6) is 0.345. The summed E-state index contributed by atoms with van der Waals surface area (Å²) in [5.41, 5.74) is 6.81. The van der Waals surface area contributed by atoms with Gasteiger partial charge in [0.1, 0.15) is 17.1 Å². The van der Waals surface area contributed by atoms with E-state index in [1.807, 2.05) is 6.07 Å². The van der Waals surface area contributed by atoms with Gasteiger partial charge in [0.05, 0.1) is 11.2 Å². The van der Waals surface area contributed by atoms with Gasteiger partial charge < -0.3 is 10.5 Å². The minimum atomic E-state index is -0.517. The first kappa shape index (κ1) is 12.8. The van der Waals surface area contributed by atoms with Gasteiger partial charge in [-0.15, -0.1) is 0 Å². The molecule has 0 amide bonds. The third-order valence-corrected chi connectivity index (χ3v) is 3.14. The van der Waals surface area contributed by atoms with E-state index in [0.717, 1.165) is 4.47 Å². The van der Waals surface area contributed by atoms with Crippen LogP contribution in [0.25, 0.3) is 11.0 Å². The third-order valence-electron chi connectivity index (χ3n) is 2.71. The Morgan fingerprint density at radius 2 is 2.00 bits per heavy atom. The fraction of sp³-hybridized carbons (Fsp3) is 0. The molecule has 0 aliphatic rings. The molecular weight excluding hydrogens is 325 g/mol. The summed E-state index contributed by atoms with van der Waals surface area (Å²) < 4.78 is 19.9. The lowest BCUT2D eigenvalue weighted by Gasteiger charge is -2.08. The zero-order chi connectivity index (χ0) is 14.1. The highest BCUT2D eigenvalue weighted by atomic mass is 79.9. The number of benzene rings is 1. The van der Waals surface area contributed by atoms with Crippen molar-refractivity contribution >= 4 is 32.7 Å². The van der Waals surface area contributed by atoms with Gasteiger partial charge >= 0.3 is 0 Å². The van der Waals surface area contributed by atoms with Crippen molar-refractivity contribution < 1.29 is 9.13 Å². The van der Waals surface area contributed by atoms with Crippen LogP contribution >= 0.6 is 15.9 Å². The average molecular weight is 334 g/mol. The number of rotatable bonds is 2. The Hall–Kier alpha value is -2.21. The molecule has 1 aromatic carbocycles. The summed E-state index contributed by atoms with van der Waals surface area (Å²) >= 11 is 3.33. The molecule has 6 heteroatoms. The first-order chi connectivity index (χ1) is 9.63. The van der Waals surface area contributed by atoms with E-state index >= 15 is 0 Å². The number of pyridine rings is 2. The van der Waals surface area contributed by atoms with Crippen molar-refractivity contribution in [3.8, 4) is 11.5 Å². The summed E-state index contributed by atoms with van der Waals surface area (Å²) in [6, 6.07) is 7.80. The zero-order valence-electron chi connectivity index (χ0n) is 10.2. The van der Waals surface area contributed by atoms with Crippen molar-refractivity contribution in [3.63, 3.8) is 0 Å². The highest BCUT2D eigenvalue weighted by Crippen LogP contribution is 2.29. The Morgan fingerprint density at radius 3 is 2.80 bits per heavy atom. The van der Waals surface area contributed by atoms with Gasteiger partial charge in [-0.3, -0.25) is 4.98 Å². The number of aromatic nitrogens is 2. The van der Waals surface area contributed by atoms with E-state index in [1.165, 1.54) is 12.1 Å². The van der Waals surface area contributed by atoms with Crippen molar-refractivity contribution in [3.05, 3.63) is 53.0 Å². The van der Waals surface area contributed by atoms with Crippen LogP contribution in [-0.2, 0) is 0 Å². The lowest BCUT2D eigenvalue weighted by molar-refractivity contribution is 0.481. The molecule has 0 spiro atoms. The van der Waals surface area contributed by atoms with Crippen molar-refractivity contribution in [1.82, 2.24) is 9.97 Å². The van der Waals surface area contributed by atoms with Crippen LogP contribution in [0.1, 0.15) is 0 Å². The first-order valence-electron chi connectivity index (χ1n) is 5.76. The van der Waals surface area contributed by atoms with Crippen molar-refractivity contribution in [1.29, 1.82) is 0 Å². The fourth-order valence-electron chi connectivity index (χ4n) is 1.76. The fourth-order valence-corrected chi connectivity index (χ4v) is 2.08. The highest BCUT2D eigenvalue weighted by Gasteiger charge is 2.08. The summed E-state index contributed by atoms with van der Waals surface area (Å²) in [7, 11) is 0. The van der Waals surface area contributed by atoms with Gasteiger partial charge in [0, 0.05) is 29.0 Å². The molecule has 2 aromatic heterocycles. The predicted octanol–water partition coefficient (Wildman–Crippen LogP) is 3.91. The number of nitrogens with zero attached hydrogens (tertiary/aromatic N) is 2. The zero-order valence-corrected chi connectivity index (χ0v) is 11.8. The number of halogens is 2. The number of hydrogen-bond donors (Lipinski definition) is 1. The number of nitrogen functional groups attached to an aromatic ring is 1. The SMILES string of the molecule is Nc1ccc(Oc2ccnc3cc(Br)cnc23)cc1F. The number of fused-ring (bicyclic) bond motifs is 1. The van der Waals surface area contributed by atoms with Crippen molar-refractivity contribution in [2.24, 2.45) is 0 Å². The van der Waals surface area contributed by atoms with E-state index in [9.17, 15) is 4.39 Å². The van der Waals surface area contributed by atoms with E-state index in [4.69, 9.17) is 10.5 Å². The average Bonchev–Trinajstić information content (AvgIpc) is 2.43. The lowest BCUT2D eigenvalue weighted by Crippen LogP contribution is -1.93. The van der Waals surface area contributed by atoms with Gasteiger partial charge in [0.2, 0.25) is 0 Å².